The molecule has 22 heteroatoms. The second kappa shape index (κ2) is 43.7. The monoisotopic (exact) mass is 1000 g/mol. The maximum Gasteiger partial charge on any atom is 0.306 e. The van der Waals surface area contributed by atoms with Crippen molar-refractivity contribution in [1.82, 2.24) is 0 Å². The van der Waals surface area contributed by atoms with Crippen LogP contribution in [0.1, 0.15) is 84.0 Å². The van der Waals surface area contributed by atoms with Crippen LogP contribution in [0.3, 0.4) is 0 Å². The summed E-state index contributed by atoms with van der Waals surface area (Å²) >= 11 is 27.7. The van der Waals surface area contributed by atoms with E-state index in [1.54, 1.807) is 0 Å². The fourth-order valence-electron chi connectivity index (χ4n) is 4.01. The highest BCUT2D eigenvalue weighted by molar-refractivity contribution is 7.81. The van der Waals surface area contributed by atoms with Gasteiger partial charge < -0.3 is 38.3 Å². The Morgan fingerprint density at radius 2 is 0.656 bits per heavy atom. The summed E-state index contributed by atoms with van der Waals surface area (Å²) in [4.78, 5) is 81.6. The second-order valence-electron chi connectivity index (χ2n) is 13.2. The van der Waals surface area contributed by atoms with Gasteiger partial charge in [0, 0.05) is 40.3 Å². The van der Waals surface area contributed by atoms with Gasteiger partial charge in [-0.2, -0.15) is 88.4 Å². The molecule has 0 radical (unpaired) electrons. The molecule has 0 heterocycles. The molecule has 0 aromatic carbocycles. The van der Waals surface area contributed by atoms with Gasteiger partial charge in [0.25, 0.3) is 0 Å². The van der Waals surface area contributed by atoms with Gasteiger partial charge in [0.1, 0.15) is 51.7 Å². The molecule has 0 fully saturated rings. The predicted molar refractivity (Wildman–Crippen MR) is 257 cm³/mol. The summed E-state index contributed by atoms with van der Waals surface area (Å²) < 4.78 is 36.1. The van der Waals surface area contributed by atoms with Crippen molar-refractivity contribution in [2.45, 2.75) is 84.0 Å². The summed E-state index contributed by atoms with van der Waals surface area (Å²) in [5.74, 6) is -1.55. The van der Waals surface area contributed by atoms with Gasteiger partial charge in [-0.1, -0.05) is 32.3 Å². The van der Waals surface area contributed by atoms with Crippen LogP contribution in [0.4, 0.5) is 0 Å². The molecule has 0 amide bonds. The van der Waals surface area contributed by atoms with Gasteiger partial charge in [0.2, 0.25) is 0 Å². The van der Waals surface area contributed by atoms with E-state index in [1.807, 2.05) is 6.08 Å². The molecule has 0 rings (SSSR count). The van der Waals surface area contributed by atoms with E-state index in [9.17, 15) is 38.7 Å². The highest BCUT2D eigenvalue weighted by Crippen LogP contribution is 2.23. The van der Waals surface area contributed by atoms with E-state index in [0.29, 0.717) is 17.3 Å². The molecule has 0 spiro atoms. The fourth-order valence-corrected chi connectivity index (χ4v) is 5.28. The molecule has 0 aromatic heterocycles. The first kappa shape index (κ1) is 63.7. The van der Waals surface area contributed by atoms with Crippen molar-refractivity contribution >= 4 is 130 Å². The van der Waals surface area contributed by atoms with E-state index >= 15 is 0 Å². The van der Waals surface area contributed by atoms with Crippen LogP contribution in [-0.2, 0) is 66.7 Å². The second-order valence-corrected chi connectivity index (χ2v) is 16.4. The van der Waals surface area contributed by atoms with E-state index in [1.165, 1.54) is 32.1 Å². The molecule has 61 heavy (non-hydrogen) atoms. The molecule has 356 valence electrons. The first-order valence-corrected chi connectivity index (χ1v) is 24.2. The predicted octanol–water partition coefficient (Wildman–Crippen LogP) is 5.12. The molecule has 0 atom stereocenters. The van der Waals surface area contributed by atoms with Crippen LogP contribution in [-0.4, -0.2) is 140 Å². The zero-order valence-electron chi connectivity index (χ0n) is 35.2. The number of ether oxygens (including phenoxy) is 7. The molecule has 0 saturated heterocycles. The Morgan fingerprint density at radius 3 is 0.836 bits per heavy atom. The Morgan fingerprint density at radius 1 is 0.426 bits per heavy atom. The SMILES string of the molecule is C=CCCCCCC.O=C(CCS)OCC(CO)(COC(=O)CCS)COC(=O)CCS.O=C(CCS)OCC(COC(=O)CCS)(COC(=O)CCS)COC(=O)CCS. The van der Waals surface area contributed by atoms with Crippen LogP contribution < -0.4 is 0 Å². The van der Waals surface area contributed by atoms with Gasteiger partial charge in [-0.15, -0.1) is 6.58 Å². The van der Waals surface area contributed by atoms with Crippen LogP contribution in [0.25, 0.3) is 0 Å². The van der Waals surface area contributed by atoms with Gasteiger partial charge in [-0.25, -0.2) is 0 Å². The Hall–Kier alpha value is -1.56. The van der Waals surface area contributed by atoms with E-state index < -0.39 is 59.2 Å². The maximum atomic E-state index is 11.8. The third kappa shape index (κ3) is 38.6. The topological polar surface area (TPSA) is 204 Å². The number of thiol groups is 7. The minimum atomic E-state index is -1.25. The van der Waals surface area contributed by atoms with Crippen molar-refractivity contribution in [3.8, 4) is 0 Å². The third-order valence-electron chi connectivity index (χ3n) is 7.58. The lowest BCUT2D eigenvalue weighted by Gasteiger charge is -2.31. The molecule has 0 unspecified atom stereocenters. The van der Waals surface area contributed by atoms with Crippen molar-refractivity contribution in [3.05, 3.63) is 12.7 Å². The molecular formula is C39H68O15S7. The zero-order chi connectivity index (χ0) is 46.8. The standard InChI is InChI=1S/C17H28O8S4.C14H24O7S3.C8H16/c18-13(1-5-26)22-9-17(10-23-14(19)2-6-27,11-24-15(20)3-7-28)12-25-16(21)4-8-29;15-7-14(8-19-11(16)1-4-22,9-20-12(17)2-5-23)10-21-13(18)3-6-24;1-3-5-7-8-6-4-2/h26-29H,1-12H2;15,22-24H,1-10H2;3H,1,4-8H2,2H3. The van der Waals surface area contributed by atoms with Gasteiger partial charge >= 0.3 is 41.8 Å². The van der Waals surface area contributed by atoms with E-state index in [-0.39, 0.29) is 114 Å². The number of allylic oxidation sites excluding steroid dienone is 1. The zero-order valence-corrected chi connectivity index (χ0v) is 41.4. The lowest BCUT2D eigenvalue weighted by Crippen LogP contribution is -2.44. The summed E-state index contributed by atoms with van der Waals surface area (Å²) in [6.07, 6.45) is 9.18. The van der Waals surface area contributed by atoms with E-state index in [2.05, 4.69) is 102 Å². The molecular weight excluding hydrogens is 933 g/mol. The van der Waals surface area contributed by atoms with E-state index in [4.69, 9.17) is 33.2 Å². The number of hydrogen-bond donors (Lipinski definition) is 8. The highest BCUT2D eigenvalue weighted by atomic mass is 32.1. The highest BCUT2D eigenvalue weighted by Gasteiger charge is 2.38. The first-order valence-electron chi connectivity index (χ1n) is 19.7. The number of aliphatic hydroxyl groups is 1. The Kier molecular flexibility index (Phi) is 45.6. The number of unbranched alkanes of at least 4 members (excludes halogenated alkanes) is 4. The average molecular weight is 1000 g/mol. The normalized spacial score (nSPS) is 10.7. The minimum Gasteiger partial charge on any atom is -0.465 e. The Labute approximate surface area is 400 Å². The van der Waals surface area contributed by atoms with Crippen LogP contribution >= 0.6 is 88.4 Å². The largest absolute Gasteiger partial charge is 0.465 e. The number of hydrogen-bond acceptors (Lipinski definition) is 22. The van der Waals surface area contributed by atoms with Crippen molar-refractivity contribution in [2.75, 3.05) is 93.1 Å². The van der Waals surface area contributed by atoms with Crippen molar-refractivity contribution in [3.63, 3.8) is 0 Å². The number of carbonyl (C=O) groups is 7. The van der Waals surface area contributed by atoms with Gasteiger partial charge in [0.15, 0.2) is 0 Å². The lowest BCUT2D eigenvalue weighted by molar-refractivity contribution is -0.171. The smallest absolute Gasteiger partial charge is 0.306 e. The summed E-state index contributed by atoms with van der Waals surface area (Å²) in [5.41, 5.74) is -2.47. The summed E-state index contributed by atoms with van der Waals surface area (Å²) in [5, 5.41) is 9.69. The quantitative estimate of drug-likeness (QED) is 0.0139. The first-order chi connectivity index (χ1) is 29.2. The van der Waals surface area contributed by atoms with Crippen LogP contribution in [0.15, 0.2) is 12.7 Å². The molecule has 0 aliphatic heterocycles. The number of carbonyl (C=O) groups excluding carboxylic acids is 7. The Bertz CT molecular complexity index is 1080. The molecule has 1 N–H and O–H groups in total. The van der Waals surface area contributed by atoms with E-state index in [0.717, 1.165) is 0 Å². The van der Waals surface area contributed by atoms with Crippen molar-refractivity contribution in [2.24, 2.45) is 10.8 Å². The molecule has 0 bridgehead atoms. The average Bonchev–Trinajstić information content (AvgIpc) is 3.23. The molecule has 0 aliphatic carbocycles. The molecule has 0 aromatic rings. The van der Waals surface area contributed by atoms with Crippen LogP contribution in [0.2, 0.25) is 0 Å². The number of aliphatic hydroxyl groups excluding tert-OH is 1. The van der Waals surface area contributed by atoms with Crippen LogP contribution in [0, 0.1) is 10.8 Å². The molecule has 0 saturated carbocycles. The molecule has 15 nitrogen and oxygen atoms in total. The fraction of sp³-hybridized carbons (Fsp3) is 0.769. The Balaban J connectivity index is -0.000000945. The lowest BCUT2D eigenvalue weighted by atomic mass is 9.92. The van der Waals surface area contributed by atoms with Crippen LogP contribution in [0.5, 0.6) is 0 Å². The van der Waals surface area contributed by atoms with Gasteiger partial charge in [-0.3, -0.25) is 33.6 Å². The van der Waals surface area contributed by atoms with Gasteiger partial charge in [0.05, 0.1) is 57.0 Å². The third-order valence-corrected chi connectivity index (χ3v) is 9.15. The molecule has 0 aliphatic rings. The maximum absolute atomic E-state index is 11.8. The summed E-state index contributed by atoms with van der Waals surface area (Å²) in [7, 11) is 0. The van der Waals surface area contributed by atoms with Crippen molar-refractivity contribution in [1.29, 1.82) is 0 Å². The number of rotatable bonds is 34. The van der Waals surface area contributed by atoms with Gasteiger partial charge in [-0.05, 0) is 12.8 Å². The summed E-state index contributed by atoms with van der Waals surface area (Å²) in [6.45, 7) is 3.51. The minimum absolute atomic E-state index is 0.0670. The summed E-state index contributed by atoms with van der Waals surface area (Å²) in [6, 6.07) is 0. The van der Waals surface area contributed by atoms with Crippen molar-refractivity contribution < 1.29 is 71.8 Å². The number of esters is 7.